The third-order valence-corrected chi connectivity index (χ3v) is 7.14. The molecule has 2 aromatic carbocycles. The number of halogens is 2. The second kappa shape index (κ2) is 9.79. The maximum atomic E-state index is 12.7. The molecule has 0 amide bonds. The Morgan fingerprint density at radius 2 is 2.03 bits per heavy atom. The van der Waals surface area contributed by atoms with E-state index in [1.807, 2.05) is 43.3 Å². The number of nitrogens with one attached hydrogen (secondary N) is 1. The summed E-state index contributed by atoms with van der Waals surface area (Å²) in [6, 6.07) is 11.0. The van der Waals surface area contributed by atoms with Crippen LogP contribution >= 0.6 is 39.3 Å². The van der Waals surface area contributed by atoms with Gasteiger partial charge in [0.1, 0.15) is 6.04 Å². The second-order valence-electron chi connectivity index (χ2n) is 7.40. The smallest absolute Gasteiger partial charge is 0.227 e. The summed E-state index contributed by atoms with van der Waals surface area (Å²) in [5.74, 6) is 2.27. The molecular weight excluding hydrogens is 528 g/mol. The molecule has 2 heterocycles. The van der Waals surface area contributed by atoms with Crippen molar-refractivity contribution in [1.82, 2.24) is 14.8 Å². The Bertz CT molecular complexity index is 1260. The van der Waals surface area contributed by atoms with Gasteiger partial charge in [0.15, 0.2) is 17.3 Å². The first-order valence-corrected chi connectivity index (χ1v) is 12.2. The van der Waals surface area contributed by atoms with E-state index < -0.39 is 6.04 Å². The Balaban J connectivity index is 1.76. The number of ether oxygens (including phenoxy) is 2. The summed E-state index contributed by atoms with van der Waals surface area (Å²) in [6.45, 7) is 3.42. The standard InChI is InChI=1S/C23H22BrClN4O3S/c1-12-19(13(2)30)20(15-9-16(24)21(32-4)18(10-15)31-3)29-22(26-12)27-23(28-29)33-11-14-7-5-6-8-17(14)25/h5-10,20H,11H2,1-4H3,(H,26,27,28). The molecule has 0 fully saturated rings. The van der Waals surface area contributed by atoms with E-state index in [0.29, 0.717) is 43.4 Å². The Morgan fingerprint density at radius 1 is 1.27 bits per heavy atom. The molecule has 1 aromatic heterocycles. The first-order valence-electron chi connectivity index (χ1n) is 10.1. The number of hydrogen-bond acceptors (Lipinski definition) is 7. The molecule has 0 aliphatic carbocycles. The molecule has 1 atom stereocenters. The third kappa shape index (κ3) is 4.62. The minimum absolute atomic E-state index is 0.0534. The lowest BCUT2D eigenvalue weighted by atomic mass is 9.93. The Hall–Kier alpha value is -2.49. The Labute approximate surface area is 209 Å². The maximum Gasteiger partial charge on any atom is 0.227 e. The van der Waals surface area contributed by atoms with Crippen molar-refractivity contribution in [3.8, 4) is 11.5 Å². The average molecular weight is 550 g/mol. The normalized spacial score (nSPS) is 15.2. The lowest BCUT2D eigenvalue weighted by Crippen LogP contribution is -2.27. The lowest BCUT2D eigenvalue weighted by Gasteiger charge is -2.28. The van der Waals surface area contributed by atoms with Crippen molar-refractivity contribution in [2.75, 3.05) is 19.5 Å². The molecule has 7 nitrogen and oxygen atoms in total. The van der Waals surface area contributed by atoms with Crippen molar-refractivity contribution in [2.45, 2.75) is 30.8 Å². The molecule has 1 aliphatic heterocycles. The van der Waals surface area contributed by atoms with Crippen LogP contribution in [-0.4, -0.2) is 34.8 Å². The van der Waals surface area contributed by atoms with Gasteiger partial charge in [-0.1, -0.05) is 41.6 Å². The van der Waals surface area contributed by atoms with E-state index in [0.717, 1.165) is 16.8 Å². The largest absolute Gasteiger partial charge is 0.493 e. The number of allylic oxidation sites excluding steroid dienone is 2. The zero-order valence-corrected chi connectivity index (χ0v) is 21.6. The molecule has 0 saturated heterocycles. The van der Waals surface area contributed by atoms with Crippen LogP contribution in [0.15, 0.2) is 57.3 Å². The average Bonchev–Trinajstić information content (AvgIpc) is 3.19. The predicted molar refractivity (Wildman–Crippen MR) is 133 cm³/mol. The topological polar surface area (TPSA) is 78.3 Å². The first-order chi connectivity index (χ1) is 15.8. The molecule has 0 radical (unpaired) electrons. The molecule has 33 heavy (non-hydrogen) atoms. The highest BCUT2D eigenvalue weighted by atomic mass is 79.9. The zero-order chi connectivity index (χ0) is 23.7. The summed E-state index contributed by atoms with van der Waals surface area (Å²) >= 11 is 11.3. The Kier molecular flexibility index (Phi) is 7.02. The number of methoxy groups -OCH3 is 2. The quantitative estimate of drug-likeness (QED) is 0.369. The molecular formula is C23H22BrClN4O3S. The van der Waals surface area contributed by atoms with E-state index in [9.17, 15) is 4.79 Å². The number of thioether (sulfide) groups is 1. The summed E-state index contributed by atoms with van der Waals surface area (Å²) in [6.07, 6.45) is 0. The van der Waals surface area contributed by atoms with Gasteiger partial charge in [0, 0.05) is 22.0 Å². The molecule has 1 N–H and O–H groups in total. The van der Waals surface area contributed by atoms with Gasteiger partial charge in [-0.25, -0.2) is 4.68 Å². The van der Waals surface area contributed by atoms with E-state index >= 15 is 0 Å². The number of benzene rings is 2. The number of Topliss-reactive ketones (excluding diaryl/α,β-unsaturated/α-hetero) is 1. The molecule has 1 unspecified atom stereocenters. The van der Waals surface area contributed by atoms with Crippen LogP contribution in [0.4, 0.5) is 5.95 Å². The number of carbonyl (C=O) groups is 1. The van der Waals surface area contributed by atoms with Crippen molar-refractivity contribution < 1.29 is 14.3 Å². The van der Waals surface area contributed by atoms with Crippen LogP contribution in [-0.2, 0) is 10.5 Å². The number of ketones is 1. The number of anilines is 1. The molecule has 3 aromatic rings. The van der Waals surface area contributed by atoms with Crippen LogP contribution in [0.3, 0.4) is 0 Å². The lowest BCUT2D eigenvalue weighted by molar-refractivity contribution is -0.114. The summed E-state index contributed by atoms with van der Waals surface area (Å²) < 4.78 is 13.4. The second-order valence-corrected chi connectivity index (χ2v) is 9.61. The number of rotatable bonds is 7. The highest BCUT2D eigenvalue weighted by molar-refractivity contribution is 9.10. The first kappa shape index (κ1) is 23.7. The van der Waals surface area contributed by atoms with Crippen LogP contribution in [0.1, 0.15) is 31.0 Å². The molecule has 1 aliphatic rings. The van der Waals surface area contributed by atoms with Gasteiger partial charge in [0.05, 0.1) is 18.7 Å². The van der Waals surface area contributed by atoms with Gasteiger partial charge < -0.3 is 14.8 Å². The fraction of sp³-hybridized carbons (Fsp3) is 0.261. The van der Waals surface area contributed by atoms with Crippen LogP contribution in [0.25, 0.3) is 0 Å². The van der Waals surface area contributed by atoms with E-state index in [1.165, 1.54) is 11.8 Å². The third-order valence-electron chi connectivity index (χ3n) is 5.30. The van der Waals surface area contributed by atoms with E-state index in [4.69, 9.17) is 26.2 Å². The minimum Gasteiger partial charge on any atom is -0.493 e. The maximum absolute atomic E-state index is 12.7. The number of fused-ring (bicyclic) bond motifs is 1. The summed E-state index contributed by atoms with van der Waals surface area (Å²) in [5, 5.41) is 9.25. The van der Waals surface area contributed by atoms with Gasteiger partial charge in [0.2, 0.25) is 11.1 Å². The van der Waals surface area contributed by atoms with Gasteiger partial charge in [-0.3, -0.25) is 4.79 Å². The van der Waals surface area contributed by atoms with Crippen molar-refractivity contribution >= 4 is 51.0 Å². The van der Waals surface area contributed by atoms with Gasteiger partial charge >= 0.3 is 0 Å². The monoisotopic (exact) mass is 548 g/mol. The van der Waals surface area contributed by atoms with Gasteiger partial charge in [-0.15, -0.1) is 5.10 Å². The van der Waals surface area contributed by atoms with Gasteiger partial charge in [0.25, 0.3) is 0 Å². The molecule has 0 saturated carbocycles. The molecule has 4 rings (SSSR count). The summed E-state index contributed by atoms with van der Waals surface area (Å²) in [5.41, 5.74) is 3.17. The molecule has 10 heteroatoms. The van der Waals surface area contributed by atoms with E-state index in [2.05, 4.69) is 26.2 Å². The number of aromatic nitrogens is 3. The van der Waals surface area contributed by atoms with Crippen LogP contribution in [0.2, 0.25) is 5.02 Å². The molecule has 0 bridgehead atoms. The minimum atomic E-state index is -0.475. The van der Waals surface area contributed by atoms with Crippen molar-refractivity contribution in [1.29, 1.82) is 0 Å². The Morgan fingerprint density at radius 3 is 2.70 bits per heavy atom. The van der Waals surface area contributed by atoms with Crippen LogP contribution in [0, 0.1) is 0 Å². The number of carbonyl (C=O) groups excluding carboxylic acids is 1. The van der Waals surface area contributed by atoms with Crippen LogP contribution < -0.4 is 14.8 Å². The van der Waals surface area contributed by atoms with Crippen molar-refractivity contribution in [2.24, 2.45) is 0 Å². The SMILES string of the molecule is COc1cc(C2C(C(C)=O)=C(C)Nc3nc(SCc4ccccc4Cl)nn32)cc(Br)c1OC. The summed E-state index contributed by atoms with van der Waals surface area (Å²) in [7, 11) is 3.16. The molecule has 0 spiro atoms. The van der Waals surface area contributed by atoms with Crippen molar-refractivity contribution in [3.63, 3.8) is 0 Å². The van der Waals surface area contributed by atoms with Crippen LogP contribution in [0.5, 0.6) is 11.5 Å². The number of hydrogen-bond donors (Lipinski definition) is 1. The van der Waals surface area contributed by atoms with Crippen molar-refractivity contribution in [3.05, 3.63) is 68.3 Å². The van der Waals surface area contributed by atoms with E-state index in [-0.39, 0.29) is 5.78 Å². The predicted octanol–water partition coefficient (Wildman–Crippen LogP) is 5.88. The number of nitrogens with zero attached hydrogens (tertiary/aromatic N) is 3. The highest BCUT2D eigenvalue weighted by Gasteiger charge is 2.33. The zero-order valence-electron chi connectivity index (χ0n) is 18.5. The summed E-state index contributed by atoms with van der Waals surface area (Å²) in [4.78, 5) is 17.3. The fourth-order valence-electron chi connectivity index (χ4n) is 3.81. The molecule has 172 valence electrons. The highest BCUT2D eigenvalue weighted by Crippen LogP contribution is 2.43. The van der Waals surface area contributed by atoms with E-state index in [1.54, 1.807) is 25.8 Å². The fourth-order valence-corrected chi connectivity index (χ4v) is 5.55. The van der Waals surface area contributed by atoms with Gasteiger partial charge in [-0.05, 0) is 59.1 Å². The van der Waals surface area contributed by atoms with Gasteiger partial charge in [-0.2, -0.15) is 4.98 Å².